The van der Waals surface area contributed by atoms with Gasteiger partial charge in [0.2, 0.25) is 0 Å². The number of rotatable bonds is 6. The Labute approximate surface area is 120 Å². The summed E-state index contributed by atoms with van der Waals surface area (Å²) in [6, 6.07) is 0.220. The maximum absolute atomic E-state index is 11.6. The minimum Gasteiger partial charge on any atom is -0.444 e. The van der Waals surface area contributed by atoms with E-state index < -0.39 is 11.7 Å². The third-order valence-corrected chi connectivity index (χ3v) is 2.78. The second kappa shape index (κ2) is 7.28. The van der Waals surface area contributed by atoms with Gasteiger partial charge in [-0.15, -0.1) is 0 Å². The normalized spacial score (nSPS) is 13.1. The molecule has 6 nitrogen and oxygen atoms in total. The lowest BCUT2D eigenvalue weighted by Gasteiger charge is -2.21. The Balaban J connectivity index is 2.61. The SMILES string of the molecule is CCC(COC)n1cncc1CNC(=O)OC(C)(C)C. The van der Waals surface area contributed by atoms with Gasteiger partial charge in [-0.1, -0.05) is 6.92 Å². The number of hydrogen-bond acceptors (Lipinski definition) is 4. The monoisotopic (exact) mass is 283 g/mol. The number of carbonyl (C=O) groups excluding carboxylic acids is 1. The van der Waals surface area contributed by atoms with Crippen molar-refractivity contribution < 1.29 is 14.3 Å². The molecule has 1 aromatic rings. The van der Waals surface area contributed by atoms with Crippen LogP contribution in [-0.2, 0) is 16.0 Å². The van der Waals surface area contributed by atoms with E-state index in [0.29, 0.717) is 13.2 Å². The maximum Gasteiger partial charge on any atom is 0.407 e. The molecule has 0 aliphatic rings. The topological polar surface area (TPSA) is 65.4 Å². The second-order valence-corrected chi connectivity index (χ2v) is 5.67. The number of aromatic nitrogens is 2. The number of ether oxygens (including phenoxy) is 2. The molecule has 0 aliphatic heterocycles. The number of nitrogens with zero attached hydrogens (tertiary/aromatic N) is 2. The number of carbonyl (C=O) groups is 1. The summed E-state index contributed by atoms with van der Waals surface area (Å²) in [6.07, 6.45) is 4.02. The number of methoxy groups -OCH3 is 1. The highest BCUT2D eigenvalue weighted by atomic mass is 16.6. The molecule has 1 unspecified atom stereocenters. The van der Waals surface area contributed by atoms with Crippen molar-refractivity contribution >= 4 is 6.09 Å². The highest BCUT2D eigenvalue weighted by Gasteiger charge is 2.17. The molecule has 0 aliphatic carbocycles. The van der Waals surface area contributed by atoms with E-state index in [9.17, 15) is 4.79 Å². The maximum atomic E-state index is 11.6. The zero-order chi connectivity index (χ0) is 15.2. The Morgan fingerprint density at radius 1 is 1.50 bits per heavy atom. The molecule has 1 heterocycles. The van der Waals surface area contributed by atoms with Crippen molar-refractivity contribution in [2.24, 2.45) is 0 Å². The van der Waals surface area contributed by atoms with Crippen LogP contribution in [0.3, 0.4) is 0 Å². The number of imidazole rings is 1. The van der Waals surface area contributed by atoms with Gasteiger partial charge in [0.15, 0.2) is 0 Å². The van der Waals surface area contributed by atoms with Gasteiger partial charge in [0, 0.05) is 13.3 Å². The summed E-state index contributed by atoms with van der Waals surface area (Å²) in [4.78, 5) is 15.8. The first kappa shape index (κ1) is 16.5. The summed E-state index contributed by atoms with van der Waals surface area (Å²) in [7, 11) is 1.68. The van der Waals surface area contributed by atoms with Crippen molar-refractivity contribution in [2.75, 3.05) is 13.7 Å². The average molecular weight is 283 g/mol. The Hall–Kier alpha value is -1.56. The fraction of sp³-hybridized carbons (Fsp3) is 0.714. The van der Waals surface area contributed by atoms with Crippen LogP contribution >= 0.6 is 0 Å². The van der Waals surface area contributed by atoms with Crippen LogP contribution in [0.4, 0.5) is 4.79 Å². The number of nitrogens with one attached hydrogen (secondary N) is 1. The van der Waals surface area contributed by atoms with Crippen LogP contribution in [0.1, 0.15) is 45.9 Å². The van der Waals surface area contributed by atoms with Crippen LogP contribution in [0.15, 0.2) is 12.5 Å². The molecule has 1 atom stereocenters. The third-order valence-electron chi connectivity index (χ3n) is 2.78. The number of amides is 1. The zero-order valence-electron chi connectivity index (χ0n) is 13.0. The molecule has 114 valence electrons. The van der Waals surface area contributed by atoms with E-state index in [4.69, 9.17) is 9.47 Å². The predicted octanol–water partition coefficient (Wildman–Crippen LogP) is 2.51. The summed E-state index contributed by atoms with van der Waals surface area (Å²) in [5.41, 5.74) is 0.437. The van der Waals surface area contributed by atoms with Gasteiger partial charge in [-0.2, -0.15) is 0 Å². The standard InChI is InChI=1S/C14H25N3O3/c1-6-11(9-19-5)17-10-15-7-12(17)8-16-13(18)20-14(2,3)4/h7,10-11H,6,8-9H2,1-5H3,(H,16,18). The van der Waals surface area contributed by atoms with E-state index in [2.05, 4.69) is 17.2 Å². The lowest BCUT2D eigenvalue weighted by molar-refractivity contribution is 0.0521. The van der Waals surface area contributed by atoms with Gasteiger partial charge < -0.3 is 19.4 Å². The summed E-state index contributed by atoms with van der Waals surface area (Å²) < 4.78 is 12.4. The smallest absolute Gasteiger partial charge is 0.407 e. The highest BCUT2D eigenvalue weighted by Crippen LogP contribution is 2.15. The van der Waals surface area contributed by atoms with Gasteiger partial charge >= 0.3 is 6.09 Å². The number of alkyl carbamates (subject to hydrolysis) is 1. The van der Waals surface area contributed by atoms with Crippen molar-refractivity contribution in [3.05, 3.63) is 18.2 Å². The second-order valence-electron chi connectivity index (χ2n) is 5.67. The average Bonchev–Trinajstić information content (AvgIpc) is 2.79. The molecule has 0 bridgehead atoms. The van der Waals surface area contributed by atoms with Gasteiger partial charge in [0.25, 0.3) is 0 Å². The van der Waals surface area contributed by atoms with E-state index >= 15 is 0 Å². The first-order valence-corrected chi connectivity index (χ1v) is 6.84. The molecule has 0 radical (unpaired) electrons. The van der Waals surface area contributed by atoms with Crippen LogP contribution in [0.25, 0.3) is 0 Å². The predicted molar refractivity (Wildman–Crippen MR) is 76.5 cm³/mol. The first-order chi connectivity index (χ1) is 9.37. The van der Waals surface area contributed by atoms with E-state index in [1.54, 1.807) is 19.6 Å². The van der Waals surface area contributed by atoms with E-state index in [0.717, 1.165) is 12.1 Å². The summed E-state index contributed by atoms with van der Waals surface area (Å²) in [5.74, 6) is 0. The largest absolute Gasteiger partial charge is 0.444 e. The van der Waals surface area contributed by atoms with Crippen molar-refractivity contribution in [1.29, 1.82) is 0 Å². The highest BCUT2D eigenvalue weighted by molar-refractivity contribution is 5.67. The molecule has 1 amide bonds. The fourth-order valence-corrected chi connectivity index (χ4v) is 1.86. The van der Waals surface area contributed by atoms with Crippen molar-refractivity contribution in [3.63, 3.8) is 0 Å². The summed E-state index contributed by atoms with van der Waals surface area (Å²) >= 11 is 0. The summed E-state index contributed by atoms with van der Waals surface area (Å²) in [6.45, 7) is 8.60. The van der Waals surface area contributed by atoms with Crippen molar-refractivity contribution in [1.82, 2.24) is 14.9 Å². The molecule has 1 aromatic heterocycles. The van der Waals surface area contributed by atoms with Crippen LogP contribution in [-0.4, -0.2) is 35.0 Å². The molecule has 0 aromatic carbocycles. The van der Waals surface area contributed by atoms with Gasteiger partial charge in [-0.25, -0.2) is 9.78 Å². The lowest BCUT2D eigenvalue weighted by atomic mass is 10.2. The lowest BCUT2D eigenvalue weighted by Crippen LogP contribution is -2.32. The summed E-state index contributed by atoms with van der Waals surface area (Å²) in [5, 5.41) is 2.74. The molecule has 0 spiro atoms. The minimum atomic E-state index is -0.494. The van der Waals surface area contributed by atoms with Crippen LogP contribution in [0.2, 0.25) is 0 Å². The van der Waals surface area contributed by atoms with E-state index in [-0.39, 0.29) is 6.04 Å². The number of hydrogen-bond donors (Lipinski definition) is 1. The zero-order valence-corrected chi connectivity index (χ0v) is 13.0. The Morgan fingerprint density at radius 3 is 2.75 bits per heavy atom. The Kier molecular flexibility index (Phi) is 6.01. The van der Waals surface area contributed by atoms with Crippen molar-refractivity contribution in [2.45, 2.75) is 52.3 Å². The molecule has 1 N–H and O–H groups in total. The molecule has 0 fully saturated rings. The van der Waals surface area contributed by atoms with Crippen LogP contribution in [0.5, 0.6) is 0 Å². The van der Waals surface area contributed by atoms with Crippen molar-refractivity contribution in [3.8, 4) is 0 Å². The quantitative estimate of drug-likeness (QED) is 0.871. The van der Waals surface area contributed by atoms with Gasteiger partial charge in [0.1, 0.15) is 5.60 Å². The Bertz CT molecular complexity index is 424. The molecule has 0 saturated heterocycles. The molecule has 20 heavy (non-hydrogen) atoms. The van der Waals surface area contributed by atoms with Gasteiger partial charge in [0.05, 0.1) is 31.2 Å². The third kappa shape index (κ3) is 5.21. The van der Waals surface area contributed by atoms with Crippen LogP contribution < -0.4 is 5.32 Å². The molecule has 1 rings (SSSR count). The van der Waals surface area contributed by atoms with E-state index in [1.807, 2.05) is 25.3 Å². The fourth-order valence-electron chi connectivity index (χ4n) is 1.86. The first-order valence-electron chi connectivity index (χ1n) is 6.84. The van der Waals surface area contributed by atoms with Crippen LogP contribution in [0, 0.1) is 0 Å². The van der Waals surface area contributed by atoms with Gasteiger partial charge in [-0.05, 0) is 27.2 Å². The van der Waals surface area contributed by atoms with E-state index in [1.165, 1.54) is 0 Å². The van der Waals surface area contributed by atoms with Gasteiger partial charge in [-0.3, -0.25) is 0 Å². The molecule has 6 heteroatoms. The minimum absolute atomic E-state index is 0.220. The molecular weight excluding hydrogens is 258 g/mol. The Morgan fingerprint density at radius 2 is 2.20 bits per heavy atom. The molecular formula is C14H25N3O3. The molecule has 0 saturated carbocycles.